The van der Waals surface area contributed by atoms with E-state index in [9.17, 15) is 0 Å². The van der Waals surface area contributed by atoms with Gasteiger partial charge < -0.3 is 0 Å². The van der Waals surface area contributed by atoms with Crippen molar-refractivity contribution in [1.29, 1.82) is 0 Å². The lowest BCUT2D eigenvalue weighted by Gasteiger charge is -2.23. The van der Waals surface area contributed by atoms with Gasteiger partial charge in [-0.3, -0.25) is 0 Å². The van der Waals surface area contributed by atoms with E-state index >= 15 is 0 Å². The number of hydrogen-bond donors (Lipinski definition) is 0. The van der Waals surface area contributed by atoms with Gasteiger partial charge in [-0.05, 0) is 40.5 Å². The summed E-state index contributed by atoms with van der Waals surface area (Å²) in [6.45, 7) is 9.30. The number of hydrogen-bond acceptors (Lipinski definition) is 0. The molecule has 0 aromatic heterocycles. The first-order valence-electron chi connectivity index (χ1n) is 7.06. The minimum absolute atomic E-state index is 0.676. The van der Waals surface area contributed by atoms with Crippen LogP contribution < -0.4 is 0 Å². The summed E-state index contributed by atoms with van der Waals surface area (Å²) in [6, 6.07) is 15.6. The third-order valence-corrected chi connectivity index (χ3v) is 3.73. The molecule has 0 aliphatic rings. The first-order valence-corrected chi connectivity index (χ1v) is 7.06. The van der Waals surface area contributed by atoms with Gasteiger partial charge in [0.25, 0.3) is 0 Å². The van der Waals surface area contributed by atoms with Crippen molar-refractivity contribution in [3.05, 3.63) is 48.0 Å². The Bertz CT molecular complexity index is 508. The quantitative estimate of drug-likeness (QED) is 0.650. The van der Waals surface area contributed by atoms with E-state index in [1.807, 2.05) is 0 Å². The zero-order valence-electron chi connectivity index (χ0n) is 12.0. The minimum atomic E-state index is 0.676. The van der Waals surface area contributed by atoms with Crippen molar-refractivity contribution < 1.29 is 0 Å². The SMILES string of the molecule is CC(C)CC(c1ccc2ccccc2c1)C(C)C. The fraction of sp³-hybridized carbons (Fsp3) is 0.444. The maximum Gasteiger partial charge on any atom is -0.0136 e. The van der Waals surface area contributed by atoms with Gasteiger partial charge in [0, 0.05) is 0 Å². The summed E-state index contributed by atoms with van der Waals surface area (Å²) in [7, 11) is 0. The first kappa shape index (κ1) is 13.1. The molecule has 2 aromatic carbocycles. The van der Waals surface area contributed by atoms with E-state index < -0.39 is 0 Å². The summed E-state index contributed by atoms with van der Waals surface area (Å²) in [5.41, 5.74) is 1.50. The summed E-state index contributed by atoms with van der Waals surface area (Å²) >= 11 is 0. The van der Waals surface area contributed by atoms with Crippen LogP contribution in [0.4, 0.5) is 0 Å². The number of rotatable bonds is 4. The van der Waals surface area contributed by atoms with Crippen LogP contribution in [-0.2, 0) is 0 Å². The summed E-state index contributed by atoms with van der Waals surface area (Å²) < 4.78 is 0. The zero-order chi connectivity index (χ0) is 13.1. The van der Waals surface area contributed by atoms with E-state index in [1.165, 1.54) is 22.8 Å². The van der Waals surface area contributed by atoms with Gasteiger partial charge in [0.2, 0.25) is 0 Å². The van der Waals surface area contributed by atoms with Crippen molar-refractivity contribution in [2.75, 3.05) is 0 Å². The molecule has 0 spiro atoms. The maximum atomic E-state index is 2.38. The Morgan fingerprint density at radius 3 is 2.11 bits per heavy atom. The molecule has 18 heavy (non-hydrogen) atoms. The Morgan fingerprint density at radius 2 is 1.50 bits per heavy atom. The Balaban J connectivity index is 2.38. The van der Waals surface area contributed by atoms with Gasteiger partial charge in [-0.25, -0.2) is 0 Å². The Labute approximate surface area is 111 Å². The molecule has 0 radical (unpaired) electrons. The third-order valence-electron chi connectivity index (χ3n) is 3.73. The highest BCUT2D eigenvalue weighted by Gasteiger charge is 2.17. The van der Waals surface area contributed by atoms with Gasteiger partial charge in [-0.15, -0.1) is 0 Å². The molecule has 0 fully saturated rings. The molecule has 0 heterocycles. The van der Waals surface area contributed by atoms with Crippen molar-refractivity contribution in [1.82, 2.24) is 0 Å². The average molecular weight is 240 g/mol. The average Bonchev–Trinajstić information content (AvgIpc) is 2.35. The standard InChI is InChI=1S/C18H24/c1-13(2)11-18(14(3)4)17-10-9-15-7-5-6-8-16(15)12-17/h5-10,12-14,18H,11H2,1-4H3. The summed E-state index contributed by atoms with van der Waals surface area (Å²) in [6.07, 6.45) is 1.27. The molecule has 0 heteroatoms. The van der Waals surface area contributed by atoms with Crippen molar-refractivity contribution in [2.45, 2.75) is 40.0 Å². The summed E-state index contributed by atoms with van der Waals surface area (Å²) in [4.78, 5) is 0. The van der Waals surface area contributed by atoms with Crippen LogP contribution in [0, 0.1) is 11.8 Å². The van der Waals surface area contributed by atoms with Crippen LogP contribution >= 0.6 is 0 Å². The normalized spacial score (nSPS) is 13.4. The second-order valence-electron chi connectivity index (χ2n) is 6.09. The molecule has 0 nitrogen and oxygen atoms in total. The fourth-order valence-corrected chi connectivity index (χ4v) is 2.74. The van der Waals surface area contributed by atoms with E-state index in [-0.39, 0.29) is 0 Å². The Hall–Kier alpha value is -1.30. The van der Waals surface area contributed by atoms with Crippen LogP contribution in [0.1, 0.15) is 45.6 Å². The predicted octanol–water partition coefficient (Wildman–Crippen LogP) is 5.63. The fourth-order valence-electron chi connectivity index (χ4n) is 2.74. The first-order chi connectivity index (χ1) is 8.58. The molecule has 96 valence electrons. The second-order valence-corrected chi connectivity index (χ2v) is 6.09. The molecular formula is C18H24. The van der Waals surface area contributed by atoms with Crippen molar-refractivity contribution in [3.63, 3.8) is 0 Å². The molecule has 0 saturated heterocycles. The zero-order valence-corrected chi connectivity index (χ0v) is 12.0. The van der Waals surface area contributed by atoms with Crippen molar-refractivity contribution >= 4 is 10.8 Å². The van der Waals surface area contributed by atoms with Crippen LogP contribution in [0.3, 0.4) is 0 Å². The van der Waals surface area contributed by atoms with Gasteiger partial charge in [0.05, 0.1) is 0 Å². The van der Waals surface area contributed by atoms with Crippen LogP contribution in [-0.4, -0.2) is 0 Å². The van der Waals surface area contributed by atoms with Crippen molar-refractivity contribution in [2.24, 2.45) is 11.8 Å². The Kier molecular flexibility index (Phi) is 4.06. The van der Waals surface area contributed by atoms with E-state index in [0.29, 0.717) is 11.8 Å². The molecule has 0 aliphatic heterocycles. The van der Waals surface area contributed by atoms with Crippen LogP contribution in [0.2, 0.25) is 0 Å². The van der Waals surface area contributed by atoms with Gasteiger partial charge in [0.15, 0.2) is 0 Å². The molecule has 0 amide bonds. The predicted molar refractivity (Wildman–Crippen MR) is 81.0 cm³/mol. The molecule has 1 atom stereocenters. The van der Waals surface area contributed by atoms with E-state index in [1.54, 1.807) is 0 Å². The molecule has 0 saturated carbocycles. The minimum Gasteiger partial charge on any atom is -0.0628 e. The monoisotopic (exact) mass is 240 g/mol. The van der Waals surface area contributed by atoms with Crippen LogP contribution in [0.15, 0.2) is 42.5 Å². The molecule has 0 aliphatic carbocycles. The lowest BCUT2D eigenvalue weighted by molar-refractivity contribution is 0.408. The number of benzene rings is 2. The lowest BCUT2D eigenvalue weighted by Crippen LogP contribution is -2.09. The maximum absolute atomic E-state index is 2.38. The lowest BCUT2D eigenvalue weighted by atomic mass is 9.81. The van der Waals surface area contributed by atoms with Crippen LogP contribution in [0.25, 0.3) is 10.8 Å². The van der Waals surface area contributed by atoms with Gasteiger partial charge in [-0.1, -0.05) is 70.2 Å². The van der Waals surface area contributed by atoms with E-state index in [0.717, 1.165) is 5.92 Å². The molecule has 0 N–H and O–H groups in total. The summed E-state index contributed by atoms with van der Waals surface area (Å²) in [5, 5.41) is 2.71. The topological polar surface area (TPSA) is 0 Å². The van der Waals surface area contributed by atoms with Gasteiger partial charge >= 0.3 is 0 Å². The molecule has 0 bridgehead atoms. The molecule has 1 unspecified atom stereocenters. The number of fused-ring (bicyclic) bond motifs is 1. The van der Waals surface area contributed by atoms with Gasteiger partial charge in [-0.2, -0.15) is 0 Å². The highest BCUT2D eigenvalue weighted by Crippen LogP contribution is 2.32. The van der Waals surface area contributed by atoms with E-state index in [2.05, 4.69) is 70.2 Å². The molecule has 2 aromatic rings. The Morgan fingerprint density at radius 1 is 0.833 bits per heavy atom. The highest BCUT2D eigenvalue weighted by molar-refractivity contribution is 5.83. The highest BCUT2D eigenvalue weighted by atomic mass is 14.2. The van der Waals surface area contributed by atoms with Gasteiger partial charge in [0.1, 0.15) is 0 Å². The van der Waals surface area contributed by atoms with E-state index in [4.69, 9.17) is 0 Å². The van der Waals surface area contributed by atoms with Crippen LogP contribution in [0.5, 0.6) is 0 Å². The third kappa shape index (κ3) is 2.93. The molecular weight excluding hydrogens is 216 g/mol. The smallest absolute Gasteiger partial charge is 0.0136 e. The van der Waals surface area contributed by atoms with Crippen molar-refractivity contribution in [3.8, 4) is 0 Å². The largest absolute Gasteiger partial charge is 0.0628 e. The molecule has 2 rings (SSSR count). The second kappa shape index (κ2) is 5.56. The summed E-state index contributed by atoms with van der Waals surface area (Å²) in [5.74, 6) is 2.13.